The van der Waals surface area contributed by atoms with E-state index in [0.29, 0.717) is 17.0 Å². The molecule has 1 amide bonds. The van der Waals surface area contributed by atoms with Crippen molar-refractivity contribution in [3.63, 3.8) is 0 Å². The molecule has 4 aromatic rings. The lowest BCUT2D eigenvalue weighted by Gasteiger charge is -2.14. The molecular weight excluding hydrogens is 415 g/mol. The number of hydrogen-bond acceptors (Lipinski definition) is 5. The molecule has 0 bridgehead atoms. The van der Waals surface area contributed by atoms with Crippen LogP contribution in [0.15, 0.2) is 76.4 Å². The standard InChI is InChI=1S/C23H19FN4O4/c1-32-18-5-2-4-17(12-18)26-20(29)14-27-19-6-3-11-25-21(19)22(30)28(23(27)31)13-15-7-9-16(24)10-8-15/h2-12H,13-14H2,1H3,(H,26,29). The van der Waals surface area contributed by atoms with Crippen molar-refractivity contribution >= 4 is 22.6 Å². The summed E-state index contributed by atoms with van der Waals surface area (Å²) in [5.74, 6) is -0.312. The van der Waals surface area contributed by atoms with Crippen molar-refractivity contribution in [3.8, 4) is 5.75 Å². The first kappa shape index (κ1) is 21.0. The fourth-order valence-corrected chi connectivity index (χ4v) is 3.35. The zero-order valence-corrected chi connectivity index (χ0v) is 17.1. The molecule has 162 valence electrons. The molecule has 2 aromatic heterocycles. The Morgan fingerprint density at radius 3 is 2.59 bits per heavy atom. The van der Waals surface area contributed by atoms with Crippen molar-refractivity contribution in [2.45, 2.75) is 13.1 Å². The third kappa shape index (κ3) is 4.27. The van der Waals surface area contributed by atoms with Gasteiger partial charge in [-0.05, 0) is 42.0 Å². The molecule has 0 unspecified atom stereocenters. The summed E-state index contributed by atoms with van der Waals surface area (Å²) in [5.41, 5.74) is 0.125. The number of carbonyl (C=O) groups is 1. The summed E-state index contributed by atoms with van der Waals surface area (Å²) in [6, 6.07) is 15.4. The minimum atomic E-state index is -0.666. The highest BCUT2D eigenvalue weighted by Crippen LogP contribution is 2.17. The molecule has 32 heavy (non-hydrogen) atoms. The van der Waals surface area contributed by atoms with Crippen LogP contribution in [0.5, 0.6) is 5.75 Å². The third-order valence-electron chi connectivity index (χ3n) is 4.90. The van der Waals surface area contributed by atoms with Crippen LogP contribution in [-0.4, -0.2) is 27.1 Å². The zero-order chi connectivity index (χ0) is 22.7. The van der Waals surface area contributed by atoms with Gasteiger partial charge in [-0.1, -0.05) is 18.2 Å². The minimum Gasteiger partial charge on any atom is -0.497 e. The average Bonchev–Trinajstić information content (AvgIpc) is 2.81. The second kappa shape index (κ2) is 8.84. The number of carbonyl (C=O) groups excluding carboxylic acids is 1. The van der Waals surface area contributed by atoms with Gasteiger partial charge in [0.2, 0.25) is 5.91 Å². The molecule has 1 N–H and O–H groups in total. The van der Waals surface area contributed by atoms with E-state index in [0.717, 1.165) is 4.57 Å². The first-order valence-electron chi connectivity index (χ1n) is 9.73. The molecule has 0 aliphatic rings. The van der Waals surface area contributed by atoms with Crippen LogP contribution in [0.4, 0.5) is 10.1 Å². The van der Waals surface area contributed by atoms with Gasteiger partial charge in [-0.2, -0.15) is 0 Å². The molecule has 4 rings (SSSR count). The minimum absolute atomic E-state index is 0.0587. The number of ether oxygens (including phenoxy) is 1. The van der Waals surface area contributed by atoms with E-state index in [1.54, 1.807) is 36.4 Å². The van der Waals surface area contributed by atoms with E-state index in [4.69, 9.17) is 4.74 Å². The molecule has 9 heteroatoms. The van der Waals surface area contributed by atoms with Crippen LogP contribution in [0.3, 0.4) is 0 Å². The van der Waals surface area contributed by atoms with Crippen molar-refractivity contribution in [3.05, 3.63) is 99.1 Å². The molecule has 0 aliphatic heterocycles. The van der Waals surface area contributed by atoms with Gasteiger partial charge in [0.15, 0.2) is 5.52 Å². The molecule has 0 spiro atoms. The Hall–Kier alpha value is -4.27. The number of nitrogens with zero attached hydrogens (tertiary/aromatic N) is 3. The Bertz CT molecular complexity index is 1410. The summed E-state index contributed by atoms with van der Waals surface area (Å²) in [4.78, 5) is 42.9. The summed E-state index contributed by atoms with van der Waals surface area (Å²) >= 11 is 0. The van der Waals surface area contributed by atoms with Crippen molar-refractivity contribution < 1.29 is 13.9 Å². The summed E-state index contributed by atoms with van der Waals surface area (Å²) in [5, 5.41) is 2.72. The number of amides is 1. The summed E-state index contributed by atoms with van der Waals surface area (Å²) in [6.45, 7) is -0.413. The summed E-state index contributed by atoms with van der Waals surface area (Å²) < 4.78 is 20.6. The second-order valence-electron chi connectivity index (χ2n) is 7.04. The van der Waals surface area contributed by atoms with Crippen LogP contribution < -0.4 is 21.3 Å². The highest BCUT2D eigenvalue weighted by atomic mass is 19.1. The fourth-order valence-electron chi connectivity index (χ4n) is 3.35. The number of hydrogen-bond donors (Lipinski definition) is 1. The van der Waals surface area contributed by atoms with Crippen molar-refractivity contribution in [2.24, 2.45) is 0 Å². The maximum atomic E-state index is 13.2. The van der Waals surface area contributed by atoms with Gasteiger partial charge in [0.25, 0.3) is 5.56 Å². The molecule has 2 aromatic carbocycles. The van der Waals surface area contributed by atoms with Gasteiger partial charge in [-0.3, -0.25) is 18.7 Å². The highest BCUT2D eigenvalue weighted by Gasteiger charge is 2.16. The normalized spacial score (nSPS) is 10.8. The average molecular weight is 434 g/mol. The van der Waals surface area contributed by atoms with E-state index in [-0.39, 0.29) is 24.1 Å². The maximum absolute atomic E-state index is 13.2. The molecule has 8 nitrogen and oxygen atoms in total. The van der Waals surface area contributed by atoms with Crippen LogP contribution in [0, 0.1) is 5.82 Å². The quantitative estimate of drug-likeness (QED) is 0.503. The number of halogens is 1. The largest absolute Gasteiger partial charge is 0.497 e. The first-order chi connectivity index (χ1) is 15.5. The summed E-state index contributed by atoms with van der Waals surface area (Å²) in [6.07, 6.45) is 1.44. The molecule has 0 atom stereocenters. The SMILES string of the molecule is COc1cccc(NC(=O)Cn2c(=O)n(Cc3ccc(F)cc3)c(=O)c3ncccc32)c1. The van der Waals surface area contributed by atoms with Crippen LogP contribution in [0.2, 0.25) is 0 Å². The van der Waals surface area contributed by atoms with E-state index < -0.39 is 23.0 Å². The number of anilines is 1. The van der Waals surface area contributed by atoms with Gasteiger partial charge in [0.1, 0.15) is 18.1 Å². The van der Waals surface area contributed by atoms with Gasteiger partial charge in [-0.25, -0.2) is 14.2 Å². The predicted molar refractivity (Wildman–Crippen MR) is 117 cm³/mol. The zero-order valence-electron chi connectivity index (χ0n) is 17.1. The number of aromatic nitrogens is 3. The molecule has 0 saturated heterocycles. The van der Waals surface area contributed by atoms with Crippen LogP contribution in [-0.2, 0) is 17.9 Å². The number of benzene rings is 2. The third-order valence-corrected chi connectivity index (χ3v) is 4.90. The van der Waals surface area contributed by atoms with E-state index in [9.17, 15) is 18.8 Å². The van der Waals surface area contributed by atoms with E-state index in [1.807, 2.05) is 0 Å². The number of methoxy groups -OCH3 is 1. The lowest BCUT2D eigenvalue weighted by Crippen LogP contribution is -2.42. The Kier molecular flexibility index (Phi) is 5.80. The van der Waals surface area contributed by atoms with E-state index >= 15 is 0 Å². The highest BCUT2D eigenvalue weighted by molar-refractivity contribution is 5.91. The molecule has 0 aliphatic carbocycles. The van der Waals surface area contributed by atoms with Crippen molar-refractivity contribution in [1.82, 2.24) is 14.1 Å². The molecular formula is C23H19FN4O4. The number of fused-ring (bicyclic) bond motifs is 1. The Morgan fingerprint density at radius 2 is 1.84 bits per heavy atom. The predicted octanol–water partition coefficient (Wildman–Crippen LogP) is 2.39. The molecule has 0 fully saturated rings. The van der Waals surface area contributed by atoms with Crippen molar-refractivity contribution in [1.29, 1.82) is 0 Å². The van der Waals surface area contributed by atoms with Crippen molar-refractivity contribution in [2.75, 3.05) is 12.4 Å². The number of rotatable bonds is 6. The monoisotopic (exact) mass is 434 g/mol. The van der Waals surface area contributed by atoms with Crippen LogP contribution in [0.25, 0.3) is 11.0 Å². The maximum Gasteiger partial charge on any atom is 0.332 e. The van der Waals surface area contributed by atoms with Gasteiger partial charge >= 0.3 is 5.69 Å². The number of nitrogens with one attached hydrogen (secondary N) is 1. The topological polar surface area (TPSA) is 95.2 Å². The van der Waals surface area contributed by atoms with E-state index in [2.05, 4.69) is 10.3 Å². The van der Waals surface area contributed by atoms with Gasteiger partial charge in [-0.15, -0.1) is 0 Å². The molecule has 0 radical (unpaired) electrons. The fraction of sp³-hybridized carbons (Fsp3) is 0.130. The Balaban J connectivity index is 1.73. The smallest absolute Gasteiger partial charge is 0.332 e. The van der Waals surface area contributed by atoms with E-state index in [1.165, 1.54) is 42.1 Å². The number of pyridine rings is 1. The van der Waals surface area contributed by atoms with Gasteiger partial charge < -0.3 is 10.1 Å². The van der Waals surface area contributed by atoms with Crippen LogP contribution >= 0.6 is 0 Å². The Labute approximate surface area is 181 Å². The van der Waals surface area contributed by atoms with Crippen LogP contribution in [0.1, 0.15) is 5.56 Å². The molecule has 2 heterocycles. The summed E-state index contributed by atoms with van der Waals surface area (Å²) in [7, 11) is 1.52. The van der Waals surface area contributed by atoms with Gasteiger partial charge in [0.05, 0.1) is 19.2 Å². The Morgan fingerprint density at radius 1 is 1.06 bits per heavy atom. The lowest BCUT2D eigenvalue weighted by atomic mass is 10.2. The second-order valence-corrected chi connectivity index (χ2v) is 7.04. The lowest BCUT2D eigenvalue weighted by molar-refractivity contribution is -0.116. The molecule has 0 saturated carbocycles. The van der Waals surface area contributed by atoms with Gasteiger partial charge in [0, 0.05) is 18.0 Å². The first-order valence-corrected chi connectivity index (χ1v) is 9.73.